The van der Waals surface area contributed by atoms with Crippen LogP contribution < -0.4 is 0 Å². The fourth-order valence-electron chi connectivity index (χ4n) is 0.360. The summed E-state index contributed by atoms with van der Waals surface area (Å²) in [7, 11) is 0. The van der Waals surface area contributed by atoms with Gasteiger partial charge in [0.2, 0.25) is 0 Å². The van der Waals surface area contributed by atoms with Crippen LogP contribution in [0.25, 0.3) is 0 Å². The third kappa shape index (κ3) is 1.10. The first kappa shape index (κ1) is 2.14. The minimum absolute atomic E-state index is 0.403. The molecule has 0 saturated carbocycles. The number of imidazole rings is 1. The molecular weight excluding hydrogens is 168 g/mol. The number of hydrogen-bond acceptors (Lipinski definition) is 1. The molecule has 0 atom stereocenters. The molecule has 0 radical (unpaired) electrons. The zero-order valence-corrected chi connectivity index (χ0v) is 5.51. The van der Waals surface area contributed by atoms with Gasteiger partial charge in [0.1, 0.15) is 4.60 Å². The standard InChI is InChI=1S/C5H7BrN2/c1-2-8-3-5(6)7-4-8/h3-4H,2H2,1H3/i1D3,2D2. The number of aromatic nitrogens is 2. The molecule has 0 aliphatic carbocycles. The number of aryl methyl sites for hydroxylation is 1. The van der Waals surface area contributed by atoms with Crippen molar-refractivity contribution in [2.24, 2.45) is 0 Å². The molecule has 1 heterocycles. The van der Waals surface area contributed by atoms with Crippen molar-refractivity contribution in [3.05, 3.63) is 17.1 Å². The van der Waals surface area contributed by atoms with Crippen molar-refractivity contribution in [1.82, 2.24) is 9.55 Å². The van der Waals surface area contributed by atoms with Crippen molar-refractivity contribution in [2.45, 2.75) is 13.3 Å². The summed E-state index contributed by atoms with van der Waals surface area (Å²) >= 11 is 3.01. The largest absolute Gasteiger partial charge is 0.337 e. The summed E-state index contributed by atoms with van der Waals surface area (Å²) in [5.74, 6) is 0. The van der Waals surface area contributed by atoms with Crippen LogP contribution in [0.15, 0.2) is 17.1 Å². The van der Waals surface area contributed by atoms with E-state index in [2.05, 4.69) is 20.9 Å². The van der Waals surface area contributed by atoms with Crippen LogP contribution in [-0.4, -0.2) is 9.55 Å². The summed E-state index contributed by atoms with van der Waals surface area (Å²) in [6.07, 6.45) is 2.42. The molecule has 0 aliphatic rings. The predicted octanol–water partition coefficient (Wildman–Crippen LogP) is 1.67. The SMILES string of the molecule is [2H]C([2H])([2H])C([2H])([2H])n1cnc(Br)c1. The van der Waals surface area contributed by atoms with Crippen molar-refractivity contribution in [3.8, 4) is 0 Å². The van der Waals surface area contributed by atoms with Crippen LogP contribution in [0.4, 0.5) is 0 Å². The maximum Gasteiger partial charge on any atom is 0.124 e. The van der Waals surface area contributed by atoms with Crippen molar-refractivity contribution < 1.29 is 6.85 Å². The first-order valence-electron chi connectivity index (χ1n) is 4.45. The van der Waals surface area contributed by atoms with E-state index in [1.165, 1.54) is 6.20 Å². The minimum Gasteiger partial charge on any atom is -0.337 e. The number of rotatable bonds is 1. The lowest BCUT2D eigenvalue weighted by molar-refractivity contribution is 0.761. The Bertz CT molecular complexity index is 304. The average Bonchev–Trinajstić information content (AvgIpc) is 2.33. The first-order chi connectivity index (χ1) is 5.75. The molecule has 2 nitrogen and oxygen atoms in total. The number of halogens is 1. The van der Waals surface area contributed by atoms with E-state index in [1.807, 2.05) is 0 Å². The van der Waals surface area contributed by atoms with Crippen molar-refractivity contribution in [1.29, 1.82) is 0 Å². The van der Waals surface area contributed by atoms with Gasteiger partial charge in [0.15, 0.2) is 0 Å². The van der Waals surface area contributed by atoms with E-state index in [0.29, 0.717) is 4.60 Å². The second-order valence-electron chi connectivity index (χ2n) is 1.22. The Labute approximate surface area is 63.7 Å². The maximum atomic E-state index is 7.34. The van der Waals surface area contributed by atoms with Crippen LogP contribution in [0.1, 0.15) is 13.7 Å². The molecule has 44 valence electrons. The lowest BCUT2D eigenvalue weighted by atomic mass is 10.7. The van der Waals surface area contributed by atoms with Crippen molar-refractivity contribution >= 4 is 15.9 Å². The zero-order chi connectivity index (χ0) is 10.3. The van der Waals surface area contributed by atoms with E-state index < -0.39 is 13.3 Å². The van der Waals surface area contributed by atoms with Crippen LogP contribution in [0, 0.1) is 0 Å². The summed E-state index contributed by atoms with van der Waals surface area (Å²) in [5.41, 5.74) is 0. The van der Waals surface area contributed by atoms with Gasteiger partial charge in [0, 0.05) is 19.5 Å². The Balaban J connectivity index is 3.07. The highest BCUT2D eigenvalue weighted by Gasteiger charge is 1.87. The van der Waals surface area contributed by atoms with Crippen LogP contribution in [0.3, 0.4) is 0 Å². The highest BCUT2D eigenvalue weighted by atomic mass is 79.9. The Morgan fingerprint density at radius 1 is 2.25 bits per heavy atom. The van der Waals surface area contributed by atoms with Gasteiger partial charge < -0.3 is 4.57 Å². The van der Waals surface area contributed by atoms with E-state index >= 15 is 0 Å². The van der Waals surface area contributed by atoms with Gasteiger partial charge in [0.05, 0.1) is 6.33 Å². The van der Waals surface area contributed by atoms with E-state index in [-0.39, 0.29) is 0 Å². The van der Waals surface area contributed by atoms with Gasteiger partial charge in [0.25, 0.3) is 0 Å². The molecule has 0 fully saturated rings. The molecule has 0 bridgehead atoms. The molecule has 1 aromatic heterocycles. The molecule has 0 aliphatic heterocycles. The average molecular weight is 180 g/mol. The normalized spacial score (nSPS) is 22.4. The zero-order valence-electron chi connectivity index (χ0n) is 8.93. The van der Waals surface area contributed by atoms with Crippen LogP contribution in [-0.2, 0) is 6.50 Å². The number of nitrogens with zero attached hydrogens (tertiary/aromatic N) is 2. The van der Waals surface area contributed by atoms with E-state index in [9.17, 15) is 0 Å². The molecule has 0 N–H and O–H groups in total. The highest BCUT2D eigenvalue weighted by molar-refractivity contribution is 9.10. The summed E-state index contributed by atoms with van der Waals surface area (Å²) in [6.45, 7) is -5.13. The Morgan fingerprint density at radius 3 is 3.62 bits per heavy atom. The number of hydrogen-bond donors (Lipinski definition) is 0. The van der Waals surface area contributed by atoms with E-state index in [4.69, 9.17) is 6.85 Å². The molecule has 1 rings (SSSR count). The predicted molar refractivity (Wildman–Crippen MR) is 35.6 cm³/mol. The van der Waals surface area contributed by atoms with Crippen LogP contribution in [0.5, 0.6) is 0 Å². The van der Waals surface area contributed by atoms with Gasteiger partial charge in [-0.1, -0.05) is 0 Å². The Morgan fingerprint density at radius 2 is 3.12 bits per heavy atom. The van der Waals surface area contributed by atoms with Gasteiger partial charge in [-0.3, -0.25) is 0 Å². The van der Waals surface area contributed by atoms with Gasteiger partial charge >= 0.3 is 0 Å². The van der Waals surface area contributed by atoms with Gasteiger partial charge in [-0.2, -0.15) is 0 Å². The molecule has 0 amide bonds. The first-order valence-corrected chi connectivity index (χ1v) is 2.74. The molecule has 0 unspecified atom stereocenters. The fraction of sp³-hybridized carbons (Fsp3) is 0.400. The fourth-order valence-corrected chi connectivity index (χ4v) is 0.672. The third-order valence-electron chi connectivity index (χ3n) is 0.680. The lowest BCUT2D eigenvalue weighted by Gasteiger charge is -1.88. The highest BCUT2D eigenvalue weighted by Crippen LogP contribution is 2.02. The molecular formula is C5H7BrN2. The minimum atomic E-state index is -2.70. The Hall–Kier alpha value is -0.310. The van der Waals surface area contributed by atoms with Crippen molar-refractivity contribution in [3.63, 3.8) is 0 Å². The third-order valence-corrected chi connectivity index (χ3v) is 1.09. The van der Waals surface area contributed by atoms with Gasteiger partial charge in [-0.15, -0.1) is 0 Å². The second kappa shape index (κ2) is 2.31. The van der Waals surface area contributed by atoms with Gasteiger partial charge in [-0.25, -0.2) is 4.98 Å². The van der Waals surface area contributed by atoms with E-state index in [0.717, 1.165) is 10.9 Å². The Kier molecular flexibility index (Phi) is 0.616. The maximum absolute atomic E-state index is 7.34. The van der Waals surface area contributed by atoms with Gasteiger partial charge in [-0.05, 0) is 22.8 Å². The summed E-state index contributed by atoms with van der Waals surface area (Å²) in [5, 5.41) is 0. The molecule has 0 spiro atoms. The lowest BCUT2D eigenvalue weighted by Crippen LogP contribution is -1.86. The smallest absolute Gasteiger partial charge is 0.124 e. The van der Waals surface area contributed by atoms with Crippen molar-refractivity contribution in [2.75, 3.05) is 0 Å². The molecule has 1 aromatic rings. The summed E-state index contributed by atoms with van der Waals surface area (Å²) in [4.78, 5) is 3.69. The molecule has 3 heteroatoms. The molecule has 8 heavy (non-hydrogen) atoms. The monoisotopic (exact) mass is 179 g/mol. The second-order valence-corrected chi connectivity index (χ2v) is 2.03. The molecule has 0 saturated heterocycles. The summed E-state index contributed by atoms with van der Waals surface area (Å²) in [6, 6.07) is 0. The molecule has 0 aromatic carbocycles. The summed E-state index contributed by atoms with van der Waals surface area (Å²) < 4.78 is 36.9. The topological polar surface area (TPSA) is 17.8 Å². The van der Waals surface area contributed by atoms with E-state index in [1.54, 1.807) is 0 Å². The van der Waals surface area contributed by atoms with Crippen LogP contribution in [0.2, 0.25) is 0 Å². The van der Waals surface area contributed by atoms with Crippen LogP contribution >= 0.6 is 15.9 Å². The quantitative estimate of drug-likeness (QED) is 0.642.